The predicted molar refractivity (Wildman–Crippen MR) is 90.7 cm³/mol. The van der Waals surface area contributed by atoms with Crippen molar-refractivity contribution in [3.8, 4) is 0 Å². The number of nitrogens with one attached hydrogen (secondary N) is 2. The summed E-state index contributed by atoms with van der Waals surface area (Å²) in [6, 6.07) is 10.4. The molecule has 2 N–H and O–H groups in total. The van der Waals surface area contributed by atoms with Gasteiger partial charge in [0.2, 0.25) is 5.91 Å². The van der Waals surface area contributed by atoms with Crippen LogP contribution in [0.15, 0.2) is 42.5 Å². The second-order valence-corrected chi connectivity index (χ2v) is 6.38. The van der Waals surface area contributed by atoms with Gasteiger partial charge in [0.1, 0.15) is 11.6 Å². The Morgan fingerprint density at radius 2 is 1.88 bits per heavy atom. The molecule has 2 aromatic carbocycles. The van der Waals surface area contributed by atoms with E-state index in [9.17, 15) is 13.6 Å². The molecule has 0 bridgehead atoms. The predicted octanol–water partition coefficient (Wildman–Crippen LogP) is 3.76. The van der Waals surface area contributed by atoms with Crippen LogP contribution in [0.3, 0.4) is 0 Å². The molecule has 0 aromatic heterocycles. The Morgan fingerprint density at radius 1 is 1.17 bits per heavy atom. The van der Waals surface area contributed by atoms with Crippen molar-refractivity contribution < 1.29 is 13.6 Å². The number of hydrogen-bond donors (Lipinski definition) is 2. The van der Waals surface area contributed by atoms with Crippen molar-refractivity contribution in [2.24, 2.45) is 0 Å². The molecule has 2 rings (SSSR count). The molecule has 0 unspecified atom stereocenters. The monoisotopic (exact) mass is 352 g/mol. The van der Waals surface area contributed by atoms with Gasteiger partial charge in [-0.2, -0.15) is 0 Å². The van der Waals surface area contributed by atoms with Crippen LogP contribution < -0.4 is 10.6 Å². The maximum absolute atomic E-state index is 13.5. The molecule has 0 fully saturated rings. The van der Waals surface area contributed by atoms with Crippen molar-refractivity contribution in [1.29, 1.82) is 0 Å². The fraction of sp³-hybridized carbons (Fsp3) is 0.278. The summed E-state index contributed by atoms with van der Waals surface area (Å²) < 4.78 is 26.6. The fourth-order valence-electron chi connectivity index (χ4n) is 2.29. The summed E-state index contributed by atoms with van der Waals surface area (Å²) in [5, 5.41) is 6.02. The van der Waals surface area contributed by atoms with Crippen molar-refractivity contribution in [2.45, 2.75) is 25.9 Å². The van der Waals surface area contributed by atoms with Crippen molar-refractivity contribution in [3.05, 3.63) is 70.2 Å². The summed E-state index contributed by atoms with van der Waals surface area (Å²) in [5.74, 6) is -1.05. The Hall–Kier alpha value is -1.98. The average Bonchev–Trinajstić information content (AvgIpc) is 2.52. The van der Waals surface area contributed by atoms with Gasteiger partial charge >= 0.3 is 0 Å². The van der Waals surface area contributed by atoms with E-state index in [-0.39, 0.29) is 24.8 Å². The first-order chi connectivity index (χ1) is 11.3. The number of hydrogen-bond acceptors (Lipinski definition) is 2. The zero-order valence-corrected chi connectivity index (χ0v) is 14.3. The smallest absolute Gasteiger partial charge is 0.234 e. The summed E-state index contributed by atoms with van der Waals surface area (Å²) in [7, 11) is 0. The van der Waals surface area contributed by atoms with Gasteiger partial charge in [0.15, 0.2) is 0 Å². The molecule has 3 nitrogen and oxygen atoms in total. The third-order valence-corrected chi connectivity index (χ3v) is 4.04. The lowest BCUT2D eigenvalue weighted by molar-refractivity contribution is -0.120. The molecule has 128 valence electrons. The molecular formula is C18H19ClF2N2O. The Kier molecular flexibility index (Phi) is 5.91. The van der Waals surface area contributed by atoms with E-state index in [2.05, 4.69) is 10.6 Å². The largest absolute Gasteiger partial charge is 0.351 e. The topological polar surface area (TPSA) is 41.1 Å². The Labute approximate surface area is 145 Å². The first kappa shape index (κ1) is 18.4. The van der Waals surface area contributed by atoms with Crippen LogP contribution >= 0.6 is 11.6 Å². The lowest BCUT2D eigenvalue weighted by atomic mass is 9.94. The summed E-state index contributed by atoms with van der Waals surface area (Å²) in [4.78, 5) is 12.0. The van der Waals surface area contributed by atoms with E-state index in [1.807, 2.05) is 13.8 Å². The highest BCUT2D eigenvalue weighted by Crippen LogP contribution is 2.28. The Morgan fingerprint density at radius 3 is 2.54 bits per heavy atom. The summed E-state index contributed by atoms with van der Waals surface area (Å²) in [5.41, 5.74) is 0.485. The molecule has 6 heteroatoms. The number of amides is 1. The van der Waals surface area contributed by atoms with Crippen LogP contribution in [-0.4, -0.2) is 12.5 Å². The zero-order chi connectivity index (χ0) is 17.7. The van der Waals surface area contributed by atoms with Crippen molar-refractivity contribution >= 4 is 17.5 Å². The Balaban J connectivity index is 1.91. The third kappa shape index (κ3) is 4.76. The maximum Gasteiger partial charge on any atom is 0.234 e. The molecule has 0 aliphatic rings. The van der Waals surface area contributed by atoms with Gasteiger partial charge in [-0.15, -0.1) is 0 Å². The molecule has 0 saturated carbocycles. The van der Waals surface area contributed by atoms with E-state index >= 15 is 0 Å². The van der Waals surface area contributed by atoms with Crippen LogP contribution in [0.5, 0.6) is 0 Å². The highest BCUT2D eigenvalue weighted by atomic mass is 35.5. The molecule has 0 spiro atoms. The van der Waals surface area contributed by atoms with Gasteiger partial charge in [0.25, 0.3) is 0 Å². The zero-order valence-electron chi connectivity index (χ0n) is 13.5. The van der Waals surface area contributed by atoms with Gasteiger partial charge in [-0.3, -0.25) is 10.1 Å². The third-order valence-electron chi connectivity index (χ3n) is 3.73. The minimum Gasteiger partial charge on any atom is -0.351 e. The first-order valence-corrected chi connectivity index (χ1v) is 7.88. The van der Waals surface area contributed by atoms with Gasteiger partial charge < -0.3 is 5.32 Å². The molecule has 24 heavy (non-hydrogen) atoms. The van der Waals surface area contributed by atoms with Crippen molar-refractivity contribution in [2.75, 3.05) is 6.54 Å². The SMILES string of the molecule is CC(C)(NCC(=O)NCc1ccccc1F)c1ccc(F)cc1Cl. The van der Waals surface area contributed by atoms with Gasteiger partial charge in [-0.25, -0.2) is 8.78 Å². The van der Waals surface area contributed by atoms with E-state index in [0.717, 1.165) is 0 Å². The molecule has 0 aliphatic carbocycles. The highest BCUT2D eigenvalue weighted by Gasteiger charge is 2.23. The standard InChI is InChI=1S/C18H19ClF2N2O/c1-18(2,14-8-7-13(20)9-15(14)19)23-11-17(24)22-10-12-5-3-4-6-16(12)21/h3-9,23H,10-11H2,1-2H3,(H,22,24). The van der Waals surface area contributed by atoms with Crippen LogP contribution in [0.4, 0.5) is 8.78 Å². The second-order valence-electron chi connectivity index (χ2n) is 5.97. The molecule has 0 radical (unpaired) electrons. The lowest BCUT2D eigenvalue weighted by Crippen LogP contribution is -2.43. The van der Waals surface area contributed by atoms with Crippen LogP contribution in [0.1, 0.15) is 25.0 Å². The summed E-state index contributed by atoms with van der Waals surface area (Å²) >= 11 is 6.07. The van der Waals surface area contributed by atoms with Crippen molar-refractivity contribution in [1.82, 2.24) is 10.6 Å². The van der Waals surface area contributed by atoms with Gasteiger partial charge in [0.05, 0.1) is 6.54 Å². The first-order valence-electron chi connectivity index (χ1n) is 7.50. The average molecular weight is 353 g/mol. The molecule has 0 aliphatic heterocycles. The van der Waals surface area contributed by atoms with Crippen molar-refractivity contribution in [3.63, 3.8) is 0 Å². The van der Waals surface area contributed by atoms with E-state index in [4.69, 9.17) is 11.6 Å². The van der Waals surface area contributed by atoms with Crippen LogP contribution in [0.2, 0.25) is 5.02 Å². The number of rotatable bonds is 6. The van der Waals surface area contributed by atoms with E-state index in [1.165, 1.54) is 18.2 Å². The maximum atomic E-state index is 13.5. The molecule has 2 aromatic rings. The number of benzene rings is 2. The molecular weight excluding hydrogens is 334 g/mol. The highest BCUT2D eigenvalue weighted by molar-refractivity contribution is 6.31. The van der Waals surface area contributed by atoms with E-state index < -0.39 is 11.4 Å². The Bertz CT molecular complexity index is 735. The van der Waals surface area contributed by atoms with Crippen LogP contribution in [0.25, 0.3) is 0 Å². The molecule has 0 heterocycles. The van der Waals surface area contributed by atoms with Crippen LogP contribution in [-0.2, 0) is 16.9 Å². The second kappa shape index (κ2) is 7.73. The fourth-order valence-corrected chi connectivity index (χ4v) is 2.69. The molecule has 0 saturated heterocycles. The van der Waals surface area contributed by atoms with Gasteiger partial charge in [0, 0.05) is 22.7 Å². The lowest BCUT2D eigenvalue weighted by Gasteiger charge is -2.27. The minimum atomic E-state index is -0.625. The normalized spacial score (nSPS) is 11.4. The summed E-state index contributed by atoms with van der Waals surface area (Å²) in [6.07, 6.45) is 0. The minimum absolute atomic E-state index is 0.0230. The quantitative estimate of drug-likeness (QED) is 0.831. The van der Waals surface area contributed by atoms with E-state index in [0.29, 0.717) is 16.1 Å². The molecule has 1 amide bonds. The molecule has 0 atom stereocenters. The number of carbonyl (C=O) groups is 1. The van der Waals surface area contributed by atoms with Gasteiger partial charge in [-0.1, -0.05) is 35.9 Å². The van der Waals surface area contributed by atoms with Crippen LogP contribution in [0, 0.1) is 11.6 Å². The summed E-state index contributed by atoms with van der Waals surface area (Å²) in [6.45, 7) is 3.83. The van der Waals surface area contributed by atoms with Gasteiger partial charge in [-0.05, 0) is 37.6 Å². The van der Waals surface area contributed by atoms with E-state index in [1.54, 1.807) is 24.3 Å². The number of halogens is 3. The number of carbonyl (C=O) groups excluding carboxylic acids is 1.